The first kappa shape index (κ1) is 23.4. The molecule has 0 spiro atoms. The number of carbonyl (C=O) groups excluding carboxylic acids is 1. The van der Waals surface area contributed by atoms with E-state index in [1.165, 1.54) is 25.5 Å². The number of aromatic nitrogens is 1. The molecule has 1 aromatic heterocycles. The lowest BCUT2D eigenvalue weighted by molar-refractivity contribution is 0.0966. The number of hydrogen-bond donors (Lipinski definition) is 3. The molecular weight excluding hydrogens is 468 g/mol. The maximum absolute atomic E-state index is 12.6. The van der Waals surface area contributed by atoms with Gasteiger partial charge in [0.05, 0.1) is 12.7 Å². The zero-order chi connectivity index (χ0) is 22.5. The van der Waals surface area contributed by atoms with Crippen molar-refractivity contribution < 1.29 is 22.1 Å². The zero-order valence-corrected chi connectivity index (χ0v) is 19.6. The molecule has 3 heterocycles. The fourth-order valence-corrected chi connectivity index (χ4v) is 4.99. The van der Waals surface area contributed by atoms with Crippen molar-refractivity contribution in [1.29, 1.82) is 0 Å². The van der Waals surface area contributed by atoms with E-state index in [0.717, 1.165) is 36.2 Å². The Balaban J connectivity index is 0.00000259. The summed E-state index contributed by atoms with van der Waals surface area (Å²) in [7, 11) is -2.89. The first-order valence-electron chi connectivity index (χ1n) is 10.4. The number of rotatable bonds is 6. The number of ether oxygens (including phenoxy) is 1. The third-order valence-corrected chi connectivity index (χ3v) is 6.40. The lowest BCUT2D eigenvalue weighted by Gasteiger charge is -2.14. The Morgan fingerprint density at radius 1 is 1.15 bits per heavy atom. The largest absolute Gasteiger partial charge is 0.493 e. The molecule has 11 heteroatoms. The first-order valence-corrected chi connectivity index (χ1v) is 11.9. The quantitative estimate of drug-likeness (QED) is 0.485. The standard InChI is InChI=1S/C22H24N4O5S.ClH/c1-30-19-10-15(20-16(11-24-22(20)27)21(19)31-32(23,28)29)18-9-14-8-13(4-5-17(14)25-18)12-26-6-2-3-7-26;/h4-5,8-10,25H,2-3,6-7,11-12H2,1H3,(H,24,27)(H2,23,28,29);1H. The van der Waals surface area contributed by atoms with Gasteiger partial charge in [-0.05, 0) is 55.8 Å². The Morgan fingerprint density at radius 3 is 2.61 bits per heavy atom. The molecule has 1 amide bonds. The van der Waals surface area contributed by atoms with E-state index in [0.29, 0.717) is 16.7 Å². The summed E-state index contributed by atoms with van der Waals surface area (Å²) in [6.07, 6.45) is 2.49. The Morgan fingerprint density at radius 2 is 1.91 bits per heavy atom. The molecule has 0 unspecified atom stereocenters. The van der Waals surface area contributed by atoms with Gasteiger partial charge in [0.2, 0.25) is 0 Å². The van der Waals surface area contributed by atoms with Crippen LogP contribution >= 0.6 is 12.4 Å². The number of amides is 1. The second kappa shape index (κ2) is 8.86. The number of nitrogens with zero attached hydrogens (tertiary/aromatic N) is 1. The fourth-order valence-electron chi connectivity index (χ4n) is 4.57. The van der Waals surface area contributed by atoms with Gasteiger partial charge in [-0.15, -0.1) is 12.4 Å². The number of carbonyl (C=O) groups is 1. The number of benzene rings is 2. The average molecular weight is 493 g/mol. The van der Waals surface area contributed by atoms with Crippen LogP contribution in [0, 0.1) is 0 Å². The van der Waals surface area contributed by atoms with E-state index in [1.807, 2.05) is 12.1 Å². The van der Waals surface area contributed by atoms with Crippen LogP contribution in [0.4, 0.5) is 0 Å². The van der Waals surface area contributed by atoms with Gasteiger partial charge in [-0.25, -0.2) is 0 Å². The van der Waals surface area contributed by atoms with Gasteiger partial charge in [0.1, 0.15) is 0 Å². The smallest absolute Gasteiger partial charge is 0.380 e. The van der Waals surface area contributed by atoms with E-state index in [2.05, 4.69) is 27.3 Å². The van der Waals surface area contributed by atoms with Gasteiger partial charge in [0.25, 0.3) is 5.91 Å². The Hall–Kier alpha value is -2.79. The molecule has 0 atom stereocenters. The summed E-state index contributed by atoms with van der Waals surface area (Å²) < 4.78 is 33.5. The summed E-state index contributed by atoms with van der Waals surface area (Å²) in [6, 6.07) is 9.90. The molecule has 0 saturated carbocycles. The van der Waals surface area contributed by atoms with Crippen molar-refractivity contribution >= 4 is 39.5 Å². The highest BCUT2D eigenvalue weighted by atomic mass is 35.5. The van der Waals surface area contributed by atoms with Gasteiger partial charge in [-0.3, -0.25) is 9.69 Å². The monoisotopic (exact) mass is 492 g/mol. The van der Waals surface area contributed by atoms with Crippen LogP contribution in [0.25, 0.3) is 22.2 Å². The predicted octanol–water partition coefficient (Wildman–Crippen LogP) is 2.69. The van der Waals surface area contributed by atoms with Gasteiger partial charge in [0, 0.05) is 40.8 Å². The minimum absolute atomic E-state index is 0. The van der Waals surface area contributed by atoms with Crippen LogP contribution in [0.1, 0.15) is 34.3 Å². The molecule has 0 aliphatic carbocycles. The second-order valence-electron chi connectivity index (χ2n) is 8.16. The highest BCUT2D eigenvalue weighted by Gasteiger charge is 2.32. The summed E-state index contributed by atoms with van der Waals surface area (Å²) in [6.45, 7) is 3.29. The zero-order valence-electron chi connectivity index (χ0n) is 18.0. The maximum atomic E-state index is 12.6. The molecule has 9 nitrogen and oxygen atoms in total. The van der Waals surface area contributed by atoms with Crippen LogP contribution < -0.4 is 19.4 Å². The molecule has 1 saturated heterocycles. The molecule has 4 N–H and O–H groups in total. The first-order chi connectivity index (χ1) is 15.3. The summed E-state index contributed by atoms with van der Waals surface area (Å²) in [4.78, 5) is 18.4. The molecular formula is C22H25ClN4O5S. The minimum atomic E-state index is -4.29. The number of hydrogen-bond acceptors (Lipinski definition) is 6. The molecule has 0 bridgehead atoms. The van der Waals surface area contributed by atoms with Gasteiger partial charge in [-0.2, -0.15) is 13.6 Å². The number of H-pyrrole nitrogens is 1. The van der Waals surface area contributed by atoms with E-state index >= 15 is 0 Å². The number of nitrogens with one attached hydrogen (secondary N) is 2. The van der Waals surface area contributed by atoms with Crippen molar-refractivity contribution in [1.82, 2.24) is 15.2 Å². The van der Waals surface area contributed by atoms with Gasteiger partial charge in [0.15, 0.2) is 11.5 Å². The highest BCUT2D eigenvalue weighted by Crippen LogP contribution is 2.43. The number of aromatic amines is 1. The lowest BCUT2D eigenvalue weighted by Crippen LogP contribution is -2.20. The summed E-state index contributed by atoms with van der Waals surface area (Å²) in [5.74, 6) is -0.209. The van der Waals surface area contributed by atoms with Crippen LogP contribution in [0.5, 0.6) is 11.5 Å². The van der Waals surface area contributed by atoms with Crippen LogP contribution in [0.3, 0.4) is 0 Å². The molecule has 1 fully saturated rings. The number of fused-ring (bicyclic) bond motifs is 2. The molecule has 2 aromatic carbocycles. The maximum Gasteiger partial charge on any atom is 0.380 e. The Labute approximate surface area is 197 Å². The summed E-state index contributed by atoms with van der Waals surface area (Å²) in [5, 5.41) is 8.83. The van der Waals surface area contributed by atoms with E-state index in [1.54, 1.807) is 6.07 Å². The third-order valence-electron chi connectivity index (χ3n) is 6.00. The van der Waals surface area contributed by atoms with E-state index in [9.17, 15) is 13.2 Å². The third kappa shape index (κ3) is 4.51. The Bertz CT molecular complexity index is 1330. The van der Waals surface area contributed by atoms with E-state index in [4.69, 9.17) is 14.1 Å². The van der Waals surface area contributed by atoms with Crippen LogP contribution in [0.15, 0.2) is 30.3 Å². The SMILES string of the molecule is COc1cc(-c2cc3cc(CN4CCCC4)ccc3[nH]2)c2c(c1OS(N)(=O)=O)CNC2=O.Cl. The predicted molar refractivity (Wildman–Crippen MR) is 127 cm³/mol. The molecule has 2 aliphatic heterocycles. The van der Waals surface area contributed by atoms with E-state index < -0.39 is 10.3 Å². The van der Waals surface area contributed by atoms with Crippen molar-refractivity contribution in [3.63, 3.8) is 0 Å². The fraction of sp³-hybridized carbons (Fsp3) is 0.318. The lowest BCUT2D eigenvalue weighted by atomic mass is 9.98. The summed E-state index contributed by atoms with van der Waals surface area (Å²) in [5.41, 5.74) is 4.25. The second-order valence-corrected chi connectivity index (χ2v) is 9.31. The number of methoxy groups -OCH3 is 1. The van der Waals surface area contributed by atoms with Crippen molar-refractivity contribution in [2.45, 2.75) is 25.9 Å². The van der Waals surface area contributed by atoms with Crippen LogP contribution in [0.2, 0.25) is 0 Å². The van der Waals surface area contributed by atoms with Gasteiger partial charge >= 0.3 is 10.3 Å². The molecule has 176 valence electrons. The van der Waals surface area contributed by atoms with Crippen molar-refractivity contribution in [3.8, 4) is 22.8 Å². The highest BCUT2D eigenvalue weighted by molar-refractivity contribution is 7.84. The average Bonchev–Trinajstić information content (AvgIpc) is 3.47. The van der Waals surface area contributed by atoms with Crippen LogP contribution in [-0.2, 0) is 23.4 Å². The topological polar surface area (TPSA) is 127 Å². The number of nitrogens with two attached hydrogens (primary N) is 1. The van der Waals surface area contributed by atoms with Crippen molar-refractivity contribution in [3.05, 3.63) is 47.0 Å². The Kier molecular flexibility index (Phi) is 6.28. The minimum Gasteiger partial charge on any atom is -0.493 e. The molecule has 0 radical (unpaired) electrons. The number of likely N-dealkylation sites (tertiary alicyclic amines) is 1. The van der Waals surface area contributed by atoms with Crippen molar-refractivity contribution in [2.75, 3.05) is 20.2 Å². The molecule has 33 heavy (non-hydrogen) atoms. The summed E-state index contributed by atoms with van der Waals surface area (Å²) >= 11 is 0. The molecule has 5 rings (SSSR count). The molecule has 3 aromatic rings. The van der Waals surface area contributed by atoms with Gasteiger partial charge < -0.3 is 19.2 Å². The van der Waals surface area contributed by atoms with Crippen molar-refractivity contribution in [2.24, 2.45) is 5.14 Å². The van der Waals surface area contributed by atoms with Gasteiger partial charge in [-0.1, -0.05) is 6.07 Å². The normalized spacial score (nSPS) is 15.9. The van der Waals surface area contributed by atoms with Crippen LogP contribution in [-0.4, -0.2) is 44.4 Å². The van der Waals surface area contributed by atoms with E-state index in [-0.39, 0.29) is 36.4 Å². The molecule has 2 aliphatic rings. The number of halogens is 1.